The van der Waals surface area contributed by atoms with Crippen LogP contribution in [-0.4, -0.2) is 9.97 Å². The summed E-state index contributed by atoms with van der Waals surface area (Å²) in [5.41, 5.74) is 1.44. The summed E-state index contributed by atoms with van der Waals surface area (Å²) in [7, 11) is 0. The predicted molar refractivity (Wildman–Crippen MR) is 117 cm³/mol. The molecule has 4 nitrogen and oxygen atoms in total. The molecule has 0 aliphatic carbocycles. The number of anilines is 4. The van der Waals surface area contributed by atoms with Crippen molar-refractivity contribution in [3.05, 3.63) is 70.3 Å². The van der Waals surface area contributed by atoms with Gasteiger partial charge in [-0.15, -0.1) is 0 Å². The number of hydrogen-bond donors (Lipinski definition) is 2. The number of aromatic nitrogens is 2. The average molecular weight is 479 g/mol. The van der Waals surface area contributed by atoms with Gasteiger partial charge in [-0.25, -0.2) is 4.98 Å². The lowest BCUT2D eigenvalue weighted by Crippen LogP contribution is -2.12. The highest BCUT2D eigenvalue weighted by Gasteiger charge is 2.35. The molecule has 0 atom stereocenters. The highest BCUT2D eigenvalue weighted by Crippen LogP contribution is 2.35. The van der Waals surface area contributed by atoms with E-state index in [-0.39, 0.29) is 11.8 Å². The van der Waals surface area contributed by atoms with Crippen molar-refractivity contribution >= 4 is 39.1 Å². The lowest BCUT2D eigenvalue weighted by atomic mass is 10.1. The molecule has 3 aromatic rings. The van der Waals surface area contributed by atoms with Gasteiger partial charge in [-0.3, -0.25) is 0 Å². The molecule has 0 amide bonds. The van der Waals surface area contributed by atoms with Crippen LogP contribution in [0.25, 0.3) is 0 Å². The second kappa shape index (κ2) is 9.93. The van der Waals surface area contributed by atoms with Gasteiger partial charge in [0.15, 0.2) is 0 Å². The largest absolute Gasteiger partial charge is 0.421 e. The van der Waals surface area contributed by atoms with Gasteiger partial charge in [-0.05, 0) is 54.8 Å². The van der Waals surface area contributed by atoms with E-state index in [9.17, 15) is 13.2 Å². The zero-order valence-electron chi connectivity index (χ0n) is 16.4. The minimum absolute atomic E-state index is 0.0732. The fourth-order valence-electron chi connectivity index (χ4n) is 2.88. The number of hydrogen-bond acceptors (Lipinski definition) is 4. The standard InChI is InChI=1S/C22H22BrF3N4/c1-2-3-4-5-15-6-10-17(11-7-15)28-20-19(22(24,25)26)14-27-21(30-20)29-18-12-8-16(23)9-13-18/h6-14H,2-5H2,1H3,(H2,27,28,29,30). The zero-order valence-corrected chi connectivity index (χ0v) is 18.0. The number of nitrogens with one attached hydrogen (secondary N) is 2. The monoisotopic (exact) mass is 478 g/mol. The molecule has 0 saturated heterocycles. The predicted octanol–water partition coefficient (Wildman–Crippen LogP) is 7.48. The molecule has 8 heteroatoms. The maximum absolute atomic E-state index is 13.4. The molecule has 158 valence electrons. The first-order chi connectivity index (χ1) is 14.3. The summed E-state index contributed by atoms with van der Waals surface area (Å²) in [6.07, 6.45) is 0.567. The van der Waals surface area contributed by atoms with Crippen LogP contribution in [-0.2, 0) is 12.6 Å². The first-order valence-electron chi connectivity index (χ1n) is 9.68. The SMILES string of the molecule is CCCCCc1ccc(Nc2nc(Nc3ccc(Br)cc3)ncc2C(F)(F)F)cc1. The van der Waals surface area contributed by atoms with Gasteiger partial charge >= 0.3 is 6.18 Å². The van der Waals surface area contributed by atoms with Crippen LogP contribution in [0.3, 0.4) is 0 Å². The van der Waals surface area contributed by atoms with Gasteiger partial charge in [0.05, 0.1) is 0 Å². The highest BCUT2D eigenvalue weighted by molar-refractivity contribution is 9.10. The third kappa shape index (κ3) is 6.19. The van der Waals surface area contributed by atoms with E-state index in [1.54, 1.807) is 24.3 Å². The van der Waals surface area contributed by atoms with E-state index in [1.165, 1.54) is 0 Å². The van der Waals surface area contributed by atoms with Gasteiger partial charge in [0, 0.05) is 22.0 Å². The molecule has 1 heterocycles. The molecule has 0 aliphatic rings. The van der Waals surface area contributed by atoms with Gasteiger partial charge < -0.3 is 10.6 Å². The average Bonchev–Trinajstić information content (AvgIpc) is 2.70. The number of nitrogens with zero attached hydrogens (tertiary/aromatic N) is 2. The minimum atomic E-state index is -4.57. The summed E-state index contributed by atoms with van der Waals surface area (Å²) in [5.74, 6) is -0.222. The van der Waals surface area contributed by atoms with Crippen molar-refractivity contribution in [3.63, 3.8) is 0 Å². The summed E-state index contributed by atoms with van der Waals surface area (Å²) in [5, 5.41) is 5.71. The van der Waals surface area contributed by atoms with E-state index < -0.39 is 11.7 Å². The van der Waals surface area contributed by atoms with Crippen LogP contribution in [0.1, 0.15) is 37.3 Å². The lowest BCUT2D eigenvalue weighted by molar-refractivity contribution is -0.137. The molecule has 0 radical (unpaired) electrons. The maximum Gasteiger partial charge on any atom is 0.421 e. The van der Waals surface area contributed by atoms with Crippen molar-refractivity contribution in [1.29, 1.82) is 0 Å². The molecule has 2 N–H and O–H groups in total. The fourth-order valence-corrected chi connectivity index (χ4v) is 3.14. The Morgan fingerprint density at radius 1 is 0.900 bits per heavy atom. The number of rotatable bonds is 8. The Labute approximate surface area is 182 Å². The van der Waals surface area contributed by atoms with E-state index in [1.807, 2.05) is 24.3 Å². The Morgan fingerprint density at radius 3 is 2.17 bits per heavy atom. The van der Waals surface area contributed by atoms with Crippen LogP contribution in [0.2, 0.25) is 0 Å². The summed E-state index contributed by atoms with van der Waals surface area (Å²) < 4.78 is 41.2. The molecule has 0 bridgehead atoms. The maximum atomic E-state index is 13.4. The van der Waals surface area contributed by atoms with E-state index in [2.05, 4.69) is 43.5 Å². The Hall–Kier alpha value is -2.61. The Morgan fingerprint density at radius 2 is 1.53 bits per heavy atom. The van der Waals surface area contributed by atoms with Gasteiger partial charge in [-0.2, -0.15) is 18.2 Å². The molecule has 0 saturated carbocycles. The van der Waals surface area contributed by atoms with Crippen molar-refractivity contribution in [1.82, 2.24) is 9.97 Å². The molecule has 3 rings (SSSR count). The Kier molecular flexibility index (Phi) is 7.31. The van der Waals surface area contributed by atoms with E-state index in [4.69, 9.17) is 0 Å². The third-order valence-electron chi connectivity index (χ3n) is 4.48. The van der Waals surface area contributed by atoms with Crippen molar-refractivity contribution in [2.24, 2.45) is 0 Å². The van der Waals surface area contributed by atoms with Crippen molar-refractivity contribution in [2.75, 3.05) is 10.6 Å². The van der Waals surface area contributed by atoms with E-state index in [0.29, 0.717) is 11.4 Å². The van der Waals surface area contributed by atoms with E-state index >= 15 is 0 Å². The van der Waals surface area contributed by atoms with Crippen molar-refractivity contribution < 1.29 is 13.2 Å². The summed E-state index contributed by atoms with van der Waals surface area (Å²) in [6, 6.07) is 14.6. The van der Waals surface area contributed by atoms with Crippen LogP contribution >= 0.6 is 15.9 Å². The zero-order chi connectivity index (χ0) is 21.6. The number of aryl methyl sites for hydroxylation is 1. The molecule has 30 heavy (non-hydrogen) atoms. The smallest absolute Gasteiger partial charge is 0.340 e. The van der Waals surface area contributed by atoms with E-state index in [0.717, 1.165) is 41.9 Å². The van der Waals surface area contributed by atoms with Crippen LogP contribution in [0.4, 0.5) is 36.3 Å². The summed E-state index contributed by atoms with van der Waals surface area (Å²) >= 11 is 3.34. The topological polar surface area (TPSA) is 49.8 Å². The first-order valence-corrected chi connectivity index (χ1v) is 10.5. The summed E-state index contributed by atoms with van der Waals surface area (Å²) in [6.45, 7) is 2.15. The Bertz CT molecular complexity index is 958. The summed E-state index contributed by atoms with van der Waals surface area (Å²) in [4.78, 5) is 7.90. The molecule has 0 unspecified atom stereocenters. The third-order valence-corrected chi connectivity index (χ3v) is 5.01. The van der Waals surface area contributed by atoms with Crippen LogP contribution in [0.5, 0.6) is 0 Å². The molecule has 0 spiro atoms. The minimum Gasteiger partial charge on any atom is -0.340 e. The lowest BCUT2D eigenvalue weighted by Gasteiger charge is -2.15. The number of halogens is 4. The quantitative estimate of drug-likeness (QED) is 0.329. The van der Waals surface area contributed by atoms with Crippen LogP contribution in [0.15, 0.2) is 59.2 Å². The molecule has 1 aromatic heterocycles. The van der Waals surface area contributed by atoms with Crippen LogP contribution in [0, 0.1) is 0 Å². The van der Waals surface area contributed by atoms with Crippen LogP contribution < -0.4 is 10.6 Å². The van der Waals surface area contributed by atoms with Gasteiger partial charge in [-0.1, -0.05) is 47.8 Å². The molecule has 0 aliphatic heterocycles. The van der Waals surface area contributed by atoms with Crippen molar-refractivity contribution in [2.45, 2.75) is 38.8 Å². The normalized spacial score (nSPS) is 11.4. The fraction of sp³-hybridized carbons (Fsp3) is 0.273. The number of benzene rings is 2. The Balaban J connectivity index is 1.81. The first kappa shape index (κ1) is 22.1. The molecular weight excluding hydrogens is 457 g/mol. The molecular formula is C22H22BrF3N4. The van der Waals surface area contributed by atoms with Gasteiger partial charge in [0.25, 0.3) is 0 Å². The second-order valence-electron chi connectivity index (χ2n) is 6.86. The van der Waals surface area contributed by atoms with Crippen molar-refractivity contribution in [3.8, 4) is 0 Å². The van der Waals surface area contributed by atoms with Gasteiger partial charge in [0.1, 0.15) is 11.4 Å². The van der Waals surface area contributed by atoms with Gasteiger partial charge in [0.2, 0.25) is 5.95 Å². The molecule has 2 aromatic carbocycles. The molecule has 0 fully saturated rings. The second-order valence-corrected chi connectivity index (χ2v) is 7.78. The highest BCUT2D eigenvalue weighted by atomic mass is 79.9. The number of unbranched alkanes of at least 4 members (excludes halogenated alkanes) is 2. The number of alkyl halides is 3.